The van der Waals surface area contributed by atoms with Crippen molar-refractivity contribution < 1.29 is 14.6 Å². The highest BCUT2D eigenvalue weighted by atomic mass is 32.1. The Morgan fingerprint density at radius 1 is 0.975 bits per heavy atom. The van der Waals surface area contributed by atoms with Crippen molar-refractivity contribution >= 4 is 34.7 Å². The molecular formula is C31H31N5O3S. The fourth-order valence-electron chi connectivity index (χ4n) is 5.86. The molecule has 9 heteroatoms. The molecule has 4 aromatic rings. The quantitative estimate of drug-likeness (QED) is 0.315. The maximum atomic E-state index is 11.7. The van der Waals surface area contributed by atoms with E-state index in [1.165, 1.54) is 5.69 Å². The van der Waals surface area contributed by atoms with Crippen LogP contribution in [0.2, 0.25) is 0 Å². The van der Waals surface area contributed by atoms with Crippen LogP contribution < -0.4 is 15.1 Å². The summed E-state index contributed by atoms with van der Waals surface area (Å²) in [5, 5.41) is 13.8. The fourth-order valence-corrected chi connectivity index (χ4v) is 6.20. The van der Waals surface area contributed by atoms with Crippen LogP contribution in [0.15, 0.2) is 79.0 Å². The number of hydrogen-bond acceptors (Lipinski definition) is 5. The Bertz CT molecular complexity index is 1550. The van der Waals surface area contributed by atoms with Gasteiger partial charge < -0.3 is 29.5 Å². The summed E-state index contributed by atoms with van der Waals surface area (Å²) < 4.78 is 7.63. The predicted molar refractivity (Wildman–Crippen MR) is 160 cm³/mol. The van der Waals surface area contributed by atoms with Crippen molar-refractivity contribution in [1.82, 2.24) is 14.9 Å². The van der Waals surface area contributed by atoms with Crippen LogP contribution in [0.5, 0.6) is 0 Å². The summed E-state index contributed by atoms with van der Waals surface area (Å²) in [7, 11) is 0. The minimum atomic E-state index is -0.947. The molecule has 2 N–H and O–H groups in total. The van der Waals surface area contributed by atoms with Crippen molar-refractivity contribution in [2.24, 2.45) is 0 Å². The highest BCUT2D eigenvalue weighted by molar-refractivity contribution is 7.80. The van der Waals surface area contributed by atoms with Crippen LogP contribution >= 0.6 is 12.2 Å². The molecule has 2 saturated heterocycles. The number of benzene rings is 2. The molecule has 0 spiro atoms. The van der Waals surface area contributed by atoms with Crippen molar-refractivity contribution in [2.75, 3.05) is 36.1 Å². The standard InChI is InChI=1S/C31H31N5O3S/c1-20-18-26(21(2)35(20)25-7-5-6-22(19-25)30(37)38)29-28(27-8-3-4-13-32-27)33-31(40)36(29)24-11-9-23(10-12-24)34-14-16-39-17-15-34/h3-13,18-19,28-29H,14-17H2,1-2H3,(H,33,40)(H,37,38)/t28-,29-/m1/s1. The van der Waals surface area contributed by atoms with E-state index in [-0.39, 0.29) is 17.6 Å². The molecular weight excluding hydrogens is 522 g/mol. The second-order valence-electron chi connectivity index (χ2n) is 10.1. The summed E-state index contributed by atoms with van der Waals surface area (Å²) in [4.78, 5) is 20.9. The Morgan fingerprint density at radius 3 is 2.42 bits per heavy atom. The molecule has 0 aliphatic carbocycles. The number of hydrogen-bond donors (Lipinski definition) is 2. The third-order valence-electron chi connectivity index (χ3n) is 7.74. The summed E-state index contributed by atoms with van der Waals surface area (Å²) in [5.41, 5.74) is 7.25. The van der Waals surface area contributed by atoms with Crippen LogP contribution in [-0.2, 0) is 4.74 Å². The second kappa shape index (κ2) is 10.7. The lowest BCUT2D eigenvalue weighted by molar-refractivity contribution is 0.0697. The lowest BCUT2D eigenvalue weighted by Gasteiger charge is -2.31. The highest BCUT2D eigenvalue weighted by Gasteiger charge is 2.42. The summed E-state index contributed by atoms with van der Waals surface area (Å²) in [6, 6.07) is 23.3. The summed E-state index contributed by atoms with van der Waals surface area (Å²) in [5.74, 6) is -0.947. The molecule has 0 radical (unpaired) electrons. The normalized spacial score (nSPS) is 19.1. The van der Waals surface area contributed by atoms with Gasteiger partial charge in [-0.1, -0.05) is 12.1 Å². The number of ether oxygens (including phenoxy) is 1. The van der Waals surface area contributed by atoms with Crippen molar-refractivity contribution in [3.63, 3.8) is 0 Å². The Hall–Kier alpha value is -4.21. The third-order valence-corrected chi connectivity index (χ3v) is 8.06. The minimum Gasteiger partial charge on any atom is -0.478 e. The SMILES string of the molecule is Cc1cc([C@@H]2[C@@H](c3ccccn3)NC(=S)N2c2ccc(N3CCOCC3)cc2)c(C)n1-c1cccc(C(=O)O)c1. The van der Waals surface area contributed by atoms with Crippen molar-refractivity contribution in [1.29, 1.82) is 0 Å². The van der Waals surface area contributed by atoms with Crippen LogP contribution in [0.25, 0.3) is 5.69 Å². The number of nitrogens with one attached hydrogen (secondary N) is 1. The molecule has 0 saturated carbocycles. The van der Waals surface area contributed by atoms with Crippen LogP contribution in [0, 0.1) is 13.8 Å². The molecule has 2 aliphatic rings. The number of rotatable bonds is 6. The predicted octanol–water partition coefficient (Wildman–Crippen LogP) is 5.20. The maximum Gasteiger partial charge on any atom is 0.335 e. The number of aromatic nitrogens is 2. The molecule has 2 aromatic heterocycles. The smallest absolute Gasteiger partial charge is 0.335 e. The molecule has 8 nitrogen and oxygen atoms in total. The minimum absolute atomic E-state index is 0.167. The Morgan fingerprint density at radius 2 is 1.73 bits per heavy atom. The summed E-state index contributed by atoms with van der Waals surface area (Å²) in [6.07, 6.45) is 1.80. The van der Waals surface area contributed by atoms with Crippen molar-refractivity contribution in [3.05, 3.63) is 107 Å². The molecule has 0 unspecified atom stereocenters. The molecule has 2 aliphatic heterocycles. The second-order valence-corrected chi connectivity index (χ2v) is 10.5. The number of carboxylic acids is 1. The average molecular weight is 554 g/mol. The van der Waals surface area contributed by atoms with E-state index in [0.717, 1.165) is 60.3 Å². The van der Waals surface area contributed by atoms with Gasteiger partial charge in [-0.2, -0.15) is 0 Å². The Kier molecular flexibility index (Phi) is 7.00. The molecule has 2 fully saturated rings. The van der Waals surface area contributed by atoms with Crippen LogP contribution in [0.1, 0.15) is 45.1 Å². The molecule has 40 heavy (non-hydrogen) atoms. The van der Waals surface area contributed by atoms with Gasteiger partial charge in [0.15, 0.2) is 5.11 Å². The van der Waals surface area contributed by atoms with E-state index < -0.39 is 5.97 Å². The fraction of sp³-hybridized carbons (Fsp3) is 0.258. The number of thiocarbonyl (C=S) groups is 1. The number of carbonyl (C=O) groups is 1. The molecule has 2 aromatic carbocycles. The van der Waals surface area contributed by atoms with Gasteiger partial charge in [-0.05, 0) is 92.3 Å². The van der Waals surface area contributed by atoms with Crippen LogP contribution in [-0.4, -0.2) is 52.0 Å². The Balaban J connectivity index is 1.44. The van der Waals surface area contributed by atoms with E-state index >= 15 is 0 Å². The van der Waals surface area contributed by atoms with E-state index in [9.17, 15) is 9.90 Å². The lowest BCUT2D eigenvalue weighted by Crippen LogP contribution is -2.36. The molecule has 0 bridgehead atoms. The van der Waals surface area contributed by atoms with Gasteiger partial charge in [-0.25, -0.2) is 4.79 Å². The van der Waals surface area contributed by atoms with E-state index in [0.29, 0.717) is 5.11 Å². The number of anilines is 2. The number of aromatic carboxylic acids is 1. The maximum absolute atomic E-state index is 11.7. The average Bonchev–Trinajstić information content (AvgIpc) is 3.48. The van der Waals surface area contributed by atoms with Gasteiger partial charge in [0.25, 0.3) is 0 Å². The first kappa shape index (κ1) is 26.0. The van der Waals surface area contributed by atoms with E-state index in [4.69, 9.17) is 17.0 Å². The van der Waals surface area contributed by atoms with Gasteiger partial charge in [-0.3, -0.25) is 4.98 Å². The monoisotopic (exact) mass is 553 g/mol. The van der Waals surface area contributed by atoms with Gasteiger partial charge in [0.05, 0.1) is 36.6 Å². The molecule has 2 atom stereocenters. The van der Waals surface area contributed by atoms with Gasteiger partial charge in [-0.15, -0.1) is 0 Å². The Labute approximate surface area is 238 Å². The number of carboxylic acid groups (broad SMARTS) is 1. The van der Waals surface area contributed by atoms with Crippen molar-refractivity contribution in [3.8, 4) is 5.69 Å². The van der Waals surface area contributed by atoms with Crippen LogP contribution in [0.4, 0.5) is 11.4 Å². The van der Waals surface area contributed by atoms with Gasteiger partial charge in [0.2, 0.25) is 0 Å². The highest BCUT2D eigenvalue weighted by Crippen LogP contribution is 2.44. The first-order chi connectivity index (χ1) is 19.4. The van der Waals surface area contributed by atoms with Crippen LogP contribution in [0.3, 0.4) is 0 Å². The largest absolute Gasteiger partial charge is 0.478 e. The lowest BCUT2D eigenvalue weighted by atomic mass is 9.96. The number of pyridine rings is 1. The third kappa shape index (κ3) is 4.71. The molecule has 0 amide bonds. The first-order valence-corrected chi connectivity index (χ1v) is 13.8. The van der Waals surface area contributed by atoms with Gasteiger partial charge in [0.1, 0.15) is 0 Å². The molecule has 204 valence electrons. The first-order valence-electron chi connectivity index (χ1n) is 13.4. The molecule has 6 rings (SSSR count). The van der Waals surface area contributed by atoms with E-state index in [2.05, 4.69) is 61.9 Å². The van der Waals surface area contributed by atoms with Crippen molar-refractivity contribution in [2.45, 2.75) is 25.9 Å². The summed E-state index contributed by atoms with van der Waals surface area (Å²) >= 11 is 5.94. The zero-order chi connectivity index (χ0) is 27.8. The number of aryl methyl sites for hydroxylation is 1. The topological polar surface area (TPSA) is 82.9 Å². The zero-order valence-electron chi connectivity index (χ0n) is 22.4. The summed E-state index contributed by atoms with van der Waals surface area (Å²) in [6.45, 7) is 7.35. The van der Waals surface area contributed by atoms with E-state index in [1.807, 2.05) is 31.2 Å². The number of nitrogens with zero attached hydrogens (tertiary/aromatic N) is 4. The van der Waals surface area contributed by atoms with Gasteiger partial charge in [0, 0.05) is 47.7 Å². The zero-order valence-corrected chi connectivity index (χ0v) is 23.3. The number of morpholine rings is 1. The molecule has 4 heterocycles. The van der Waals surface area contributed by atoms with E-state index in [1.54, 1.807) is 24.4 Å². The van der Waals surface area contributed by atoms with Gasteiger partial charge >= 0.3 is 5.97 Å².